The van der Waals surface area contributed by atoms with Crippen LogP contribution in [-0.2, 0) is 14.3 Å². The lowest BCUT2D eigenvalue weighted by Gasteiger charge is -2.34. The SMILES string of the molecule is CCOC(=O)CC1C(=O)NCCN1C(=O)c1ccc(OC)cc1OC. The molecule has 1 heterocycles. The summed E-state index contributed by atoms with van der Waals surface area (Å²) in [6.45, 7) is 2.52. The number of benzene rings is 1. The zero-order valence-corrected chi connectivity index (χ0v) is 14.5. The Morgan fingerprint density at radius 3 is 2.68 bits per heavy atom. The van der Waals surface area contributed by atoms with Gasteiger partial charge in [-0.1, -0.05) is 0 Å². The molecule has 1 aliphatic rings. The van der Waals surface area contributed by atoms with Crippen molar-refractivity contribution in [3.63, 3.8) is 0 Å². The van der Waals surface area contributed by atoms with Crippen LogP contribution in [0.4, 0.5) is 0 Å². The molecule has 1 saturated heterocycles. The second kappa shape index (κ2) is 8.36. The van der Waals surface area contributed by atoms with Gasteiger partial charge in [0.2, 0.25) is 5.91 Å². The molecule has 1 aromatic rings. The van der Waals surface area contributed by atoms with Crippen LogP contribution in [-0.4, -0.2) is 62.6 Å². The lowest BCUT2D eigenvalue weighted by molar-refractivity contribution is -0.147. The summed E-state index contributed by atoms with van der Waals surface area (Å²) in [5.74, 6) is -0.397. The zero-order valence-electron chi connectivity index (χ0n) is 14.5. The number of esters is 1. The Kier molecular flexibility index (Phi) is 6.21. The predicted octanol–water partition coefficient (Wildman–Crippen LogP) is 0.598. The summed E-state index contributed by atoms with van der Waals surface area (Å²) in [4.78, 5) is 38.3. The van der Waals surface area contributed by atoms with E-state index < -0.39 is 12.0 Å². The van der Waals surface area contributed by atoms with Crippen LogP contribution in [0.2, 0.25) is 0 Å². The first-order chi connectivity index (χ1) is 12.0. The number of nitrogens with zero attached hydrogens (tertiary/aromatic N) is 1. The minimum absolute atomic E-state index is 0.191. The lowest BCUT2D eigenvalue weighted by Crippen LogP contribution is -2.57. The van der Waals surface area contributed by atoms with E-state index >= 15 is 0 Å². The normalized spacial score (nSPS) is 16.8. The molecule has 8 heteroatoms. The summed E-state index contributed by atoms with van der Waals surface area (Å²) in [6.07, 6.45) is -0.191. The van der Waals surface area contributed by atoms with Crippen molar-refractivity contribution < 1.29 is 28.6 Å². The average molecular weight is 350 g/mol. The Bertz CT molecular complexity index is 661. The topological polar surface area (TPSA) is 94.2 Å². The van der Waals surface area contributed by atoms with Gasteiger partial charge in [-0.25, -0.2) is 0 Å². The van der Waals surface area contributed by atoms with Crippen molar-refractivity contribution in [1.29, 1.82) is 0 Å². The number of amides is 2. The maximum atomic E-state index is 12.9. The Hall–Kier alpha value is -2.77. The zero-order chi connectivity index (χ0) is 18.4. The fourth-order valence-corrected chi connectivity index (χ4v) is 2.67. The third kappa shape index (κ3) is 4.20. The van der Waals surface area contributed by atoms with Crippen molar-refractivity contribution in [3.05, 3.63) is 23.8 Å². The Morgan fingerprint density at radius 1 is 1.28 bits per heavy atom. The summed E-state index contributed by atoms with van der Waals surface area (Å²) in [6, 6.07) is 3.90. The molecule has 0 aromatic heterocycles. The van der Waals surface area contributed by atoms with Crippen LogP contribution in [0.3, 0.4) is 0 Å². The van der Waals surface area contributed by atoms with E-state index in [1.807, 2.05) is 0 Å². The smallest absolute Gasteiger partial charge is 0.308 e. The van der Waals surface area contributed by atoms with E-state index in [1.54, 1.807) is 25.1 Å². The minimum Gasteiger partial charge on any atom is -0.497 e. The number of carbonyl (C=O) groups is 3. The molecule has 2 amide bonds. The van der Waals surface area contributed by atoms with Gasteiger partial charge in [0.15, 0.2) is 0 Å². The highest BCUT2D eigenvalue weighted by Crippen LogP contribution is 2.27. The van der Waals surface area contributed by atoms with Gasteiger partial charge in [-0.05, 0) is 19.1 Å². The van der Waals surface area contributed by atoms with Gasteiger partial charge in [0.25, 0.3) is 5.91 Å². The number of hydrogen-bond donors (Lipinski definition) is 1. The standard InChI is InChI=1S/C17H22N2O6/c1-4-25-15(20)10-13-16(21)18-7-8-19(13)17(22)12-6-5-11(23-2)9-14(12)24-3/h5-6,9,13H,4,7-8,10H2,1-3H3,(H,18,21). The van der Waals surface area contributed by atoms with Gasteiger partial charge in [0, 0.05) is 19.2 Å². The Labute approximate surface area is 146 Å². The molecule has 25 heavy (non-hydrogen) atoms. The Balaban J connectivity index is 2.28. The molecule has 1 aromatic carbocycles. The molecule has 0 saturated carbocycles. The second-order valence-corrected chi connectivity index (χ2v) is 5.38. The molecule has 0 spiro atoms. The van der Waals surface area contributed by atoms with Gasteiger partial charge in [0.1, 0.15) is 17.5 Å². The van der Waals surface area contributed by atoms with Gasteiger partial charge in [-0.2, -0.15) is 0 Å². The fourth-order valence-electron chi connectivity index (χ4n) is 2.67. The van der Waals surface area contributed by atoms with Crippen LogP contribution in [0.25, 0.3) is 0 Å². The van der Waals surface area contributed by atoms with Gasteiger partial charge < -0.3 is 24.4 Å². The summed E-state index contributed by atoms with van der Waals surface area (Å²) in [5.41, 5.74) is 0.298. The highest BCUT2D eigenvalue weighted by atomic mass is 16.5. The number of nitrogens with one attached hydrogen (secondary N) is 1. The maximum absolute atomic E-state index is 12.9. The molecule has 1 unspecified atom stereocenters. The Morgan fingerprint density at radius 2 is 2.04 bits per heavy atom. The fraction of sp³-hybridized carbons (Fsp3) is 0.471. The van der Waals surface area contributed by atoms with Crippen LogP contribution in [0.5, 0.6) is 11.5 Å². The molecule has 136 valence electrons. The number of piperazine rings is 1. The van der Waals surface area contributed by atoms with Crippen molar-refractivity contribution in [2.45, 2.75) is 19.4 Å². The minimum atomic E-state index is -0.910. The number of ether oxygens (including phenoxy) is 3. The van der Waals surface area contributed by atoms with Gasteiger partial charge in [-0.15, -0.1) is 0 Å². The van der Waals surface area contributed by atoms with Crippen molar-refractivity contribution in [2.24, 2.45) is 0 Å². The molecule has 1 aliphatic heterocycles. The first kappa shape index (κ1) is 18.6. The van der Waals surface area contributed by atoms with E-state index in [4.69, 9.17) is 14.2 Å². The molecule has 1 fully saturated rings. The molecule has 2 rings (SSSR count). The number of rotatable bonds is 6. The van der Waals surface area contributed by atoms with Crippen LogP contribution >= 0.6 is 0 Å². The largest absolute Gasteiger partial charge is 0.497 e. The predicted molar refractivity (Wildman–Crippen MR) is 88.6 cm³/mol. The van der Waals surface area contributed by atoms with Crippen molar-refractivity contribution in [2.75, 3.05) is 33.9 Å². The highest BCUT2D eigenvalue weighted by Gasteiger charge is 2.36. The first-order valence-electron chi connectivity index (χ1n) is 7.98. The van der Waals surface area contributed by atoms with E-state index in [9.17, 15) is 14.4 Å². The number of hydrogen-bond acceptors (Lipinski definition) is 6. The van der Waals surface area contributed by atoms with Gasteiger partial charge >= 0.3 is 5.97 Å². The number of methoxy groups -OCH3 is 2. The summed E-state index contributed by atoms with van der Waals surface area (Å²) in [7, 11) is 2.96. The maximum Gasteiger partial charge on any atom is 0.308 e. The first-order valence-corrected chi connectivity index (χ1v) is 7.98. The average Bonchev–Trinajstić information content (AvgIpc) is 2.62. The van der Waals surface area contributed by atoms with E-state index in [0.29, 0.717) is 30.2 Å². The quantitative estimate of drug-likeness (QED) is 0.755. The van der Waals surface area contributed by atoms with Crippen molar-refractivity contribution >= 4 is 17.8 Å². The second-order valence-electron chi connectivity index (χ2n) is 5.38. The molecule has 1 N–H and O–H groups in total. The lowest BCUT2D eigenvalue weighted by atomic mass is 10.1. The highest BCUT2D eigenvalue weighted by molar-refractivity contribution is 6.01. The van der Waals surface area contributed by atoms with Crippen molar-refractivity contribution in [1.82, 2.24) is 10.2 Å². The van der Waals surface area contributed by atoms with Gasteiger partial charge in [-0.3, -0.25) is 14.4 Å². The van der Waals surface area contributed by atoms with E-state index in [2.05, 4.69) is 5.32 Å². The molecule has 8 nitrogen and oxygen atoms in total. The van der Waals surface area contributed by atoms with E-state index in [-0.39, 0.29) is 24.8 Å². The summed E-state index contributed by atoms with van der Waals surface area (Å²) in [5, 5.41) is 2.67. The molecule has 0 aliphatic carbocycles. The molecular weight excluding hydrogens is 328 g/mol. The van der Waals surface area contributed by atoms with Crippen LogP contribution < -0.4 is 14.8 Å². The molecule has 0 radical (unpaired) electrons. The van der Waals surface area contributed by atoms with Gasteiger partial charge in [0.05, 0.1) is 32.8 Å². The molecular formula is C17H22N2O6. The van der Waals surface area contributed by atoms with Crippen LogP contribution in [0, 0.1) is 0 Å². The summed E-state index contributed by atoms with van der Waals surface area (Å²) >= 11 is 0. The molecule has 1 atom stereocenters. The number of carbonyl (C=O) groups excluding carboxylic acids is 3. The molecule has 0 bridgehead atoms. The monoisotopic (exact) mass is 350 g/mol. The van der Waals surface area contributed by atoms with E-state index in [1.165, 1.54) is 19.1 Å². The van der Waals surface area contributed by atoms with Crippen molar-refractivity contribution in [3.8, 4) is 11.5 Å². The third-order valence-corrected chi connectivity index (χ3v) is 3.90. The van der Waals surface area contributed by atoms with Crippen LogP contribution in [0.1, 0.15) is 23.7 Å². The third-order valence-electron chi connectivity index (χ3n) is 3.90. The van der Waals surface area contributed by atoms with Crippen LogP contribution in [0.15, 0.2) is 18.2 Å². The summed E-state index contributed by atoms with van der Waals surface area (Å²) < 4.78 is 15.3. The van der Waals surface area contributed by atoms with E-state index in [0.717, 1.165) is 0 Å².